The molecule has 0 bridgehead atoms. The third kappa shape index (κ3) is 2.12. The van der Waals surface area contributed by atoms with Crippen molar-refractivity contribution in [3.63, 3.8) is 0 Å². The number of ether oxygens (including phenoxy) is 2. The Hall–Kier alpha value is -2.09. The lowest BCUT2D eigenvalue weighted by Crippen LogP contribution is -2.46. The van der Waals surface area contributed by atoms with Crippen LogP contribution in [-0.4, -0.2) is 37.2 Å². The molecule has 1 aromatic rings. The van der Waals surface area contributed by atoms with E-state index < -0.39 is 20.4 Å². The fraction of sp³-hybridized carbons (Fsp3) is 0.467. The van der Waals surface area contributed by atoms with Crippen LogP contribution in [0, 0.1) is 0 Å². The van der Waals surface area contributed by atoms with E-state index in [0.717, 1.165) is 19.1 Å². The second-order valence-electron chi connectivity index (χ2n) is 6.07. The summed E-state index contributed by atoms with van der Waals surface area (Å²) < 4.78 is 39.0. The highest BCUT2D eigenvalue weighted by molar-refractivity contribution is 7.93. The van der Waals surface area contributed by atoms with Crippen molar-refractivity contribution in [3.05, 3.63) is 41.2 Å². The molecular formula is C15H15NO6S. The minimum absolute atomic E-state index is 0.0314. The number of Topliss-reactive ketones (excluding diaryl/α,β-unsaturated/α-hetero) is 1. The van der Waals surface area contributed by atoms with Crippen molar-refractivity contribution >= 4 is 15.6 Å². The maximum Gasteiger partial charge on any atom is 0.230 e. The highest BCUT2D eigenvalue weighted by Gasteiger charge is 2.52. The Kier molecular flexibility index (Phi) is 2.96. The number of nitrogens with zero attached hydrogens (tertiary/aromatic N) is 1. The summed E-state index contributed by atoms with van der Waals surface area (Å²) in [7, 11) is -3.75. The van der Waals surface area contributed by atoms with E-state index in [9.17, 15) is 13.2 Å². The van der Waals surface area contributed by atoms with Gasteiger partial charge < -0.3 is 14.0 Å². The third-order valence-electron chi connectivity index (χ3n) is 4.49. The number of aromatic nitrogens is 1. The number of hydrogen-bond donors (Lipinski definition) is 0. The number of ketones is 1. The van der Waals surface area contributed by atoms with Crippen molar-refractivity contribution in [1.29, 1.82) is 0 Å². The van der Waals surface area contributed by atoms with E-state index in [1.165, 1.54) is 18.3 Å². The Balaban J connectivity index is 1.80. The SMILES string of the molecule is CS(=O)(=O)C1(C(=O)c2cnoc2C2CC2)C=CC2=C(C1)OCO2. The summed E-state index contributed by atoms with van der Waals surface area (Å²) in [6, 6.07) is 0. The van der Waals surface area contributed by atoms with Crippen LogP contribution in [0.25, 0.3) is 0 Å². The maximum atomic E-state index is 13.1. The first-order valence-electron chi connectivity index (χ1n) is 7.29. The number of carbonyl (C=O) groups excluding carboxylic acids is 1. The molecule has 0 saturated heterocycles. The first kappa shape index (κ1) is 14.5. The summed E-state index contributed by atoms with van der Waals surface area (Å²) in [6.07, 6.45) is 7.02. The van der Waals surface area contributed by atoms with Gasteiger partial charge in [-0.3, -0.25) is 4.79 Å². The van der Waals surface area contributed by atoms with Gasteiger partial charge in [0.15, 0.2) is 31.9 Å². The number of rotatable bonds is 4. The van der Waals surface area contributed by atoms with Crippen molar-refractivity contribution in [2.75, 3.05) is 13.0 Å². The Morgan fingerprint density at radius 1 is 1.35 bits per heavy atom. The van der Waals surface area contributed by atoms with Gasteiger partial charge in [-0.2, -0.15) is 0 Å². The molecule has 4 rings (SSSR count). The van der Waals surface area contributed by atoms with E-state index in [4.69, 9.17) is 14.0 Å². The summed E-state index contributed by atoms with van der Waals surface area (Å²) in [5, 5.41) is 3.70. The van der Waals surface area contributed by atoms with Crippen molar-refractivity contribution in [3.8, 4) is 0 Å². The molecule has 1 atom stereocenters. The molecule has 1 fully saturated rings. The molecule has 0 aromatic carbocycles. The van der Waals surface area contributed by atoms with Gasteiger partial charge in [0.1, 0.15) is 5.76 Å². The highest BCUT2D eigenvalue weighted by atomic mass is 32.2. The van der Waals surface area contributed by atoms with Crippen LogP contribution in [0.3, 0.4) is 0 Å². The summed E-state index contributed by atoms with van der Waals surface area (Å²) in [4.78, 5) is 13.1. The Morgan fingerprint density at radius 2 is 2.13 bits per heavy atom. The summed E-state index contributed by atoms with van der Waals surface area (Å²) in [5.74, 6) is 0.971. The fourth-order valence-corrected chi connectivity index (χ4v) is 4.12. The lowest BCUT2D eigenvalue weighted by Gasteiger charge is -2.29. The molecule has 7 nitrogen and oxygen atoms in total. The average Bonchev–Trinajstić information content (AvgIpc) is 3.06. The van der Waals surface area contributed by atoms with Gasteiger partial charge in [-0.05, 0) is 18.9 Å². The van der Waals surface area contributed by atoms with Gasteiger partial charge in [-0.15, -0.1) is 0 Å². The molecule has 0 radical (unpaired) electrons. The van der Waals surface area contributed by atoms with E-state index in [-0.39, 0.29) is 24.7 Å². The molecule has 3 aliphatic rings. The van der Waals surface area contributed by atoms with Crippen molar-refractivity contribution in [2.24, 2.45) is 0 Å². The van der Waals surface area contributed by atoms with Crippen LogP contribution in [0.5, 0.6) is 0 Å². The van der Waals surface area contributed by atoms with E-state index in [1.807, 2.05) is 0 Å². The van der Waals surface area contributed by atoms with Crippen molar-refractivity contribution < 1.29 is 27.2 Å². The van der Waals surface area contributed by atoms with Crippen molar-refractivity contribution in [2.45, 2.75) is 29.9 Å². The molecule has 8 heteroatoms. The number of allylic oxidation sites excluding steroid dienone is 2. The molecule has 122 valence electrons. The highest BCUT2D eigenvalue weighted by Crippen LogP contribution is 2.44. The predicted octanol–water partition coefficient (Wildman–Crippen LogP) is 1.69. The molecule has 2 heterocycles. The van der Waals surface area contributed by atoms with Gasteiger partial charge in [-0.25, -0.2) is 8.42 Å². The lowest BCUT2D eigenvalue weighted by molar-refractivity contribution is 0.0709. The van der Waals surface area contributed by atoms with Gasteiger partial charge in [-0.1, -0.05) is 11.2 Å². The summed E-state index contributed by atoms with van der Waals surface area (Å²) in [6.45, 7) is 0.0314. The summed E-state index contributed by atoms with van der Waals surface area (Å²) >= 11 is 0. The van der Waals surface area contributed by atoms with Gasteiger partial charge >= 0.3 is 0 Å². The van der Waals surface area contributed by atoms with Gasteiger partial charge in [0.25, 0.3) is 0 Å². The first-order valence-corrected chi connectivity index (χ1v) is 9.18. The quantitative estimate of drug-likeness (QED) is 0.771. The zero-order valence-electron chi connectivity index (χ0n) is 12.4. The predicted molar refractivity (Wildman–Crippen MR) is 78.2 cm³/mol. The van der Waals surface area contributed by atoms with E-state index >= 15 is 0 Å². The minimum Gasteiger partial charge on any atom is -0.458 e. The molecule has 1 aromatic heterocycles. The number of sulfone groups is 1. The monoisotopic (exact) mass is 337 g/mol. The fourth-order valence-electron chi connectivity index (χ4n) is 2.97. The van der Waals surface area contributed by atoms with Crippen LogP contribution < -0.4 is 0 Å². The standard InChI is InChI=1S/C15H15NO6S/c1-23(18,19)15(5-4-11-12(6-15)21-8-20-11)14(17)10-7-16-22-13(10)9-2-3-9/h4-5,7,9H,2-3,6,8H2,1H3. The molecule has 2 aliphatic carbocycles. The third-order valence-corrected chi connectivity index (χ3v) is 6.28. The van der Waals surface area contributed by atoms with Crippen LogP contribution in [-0.2, 0) is 19.3 Å². The van der Waals surface area contributed by atoms with Crippen LogP contribution >= 0.6 is 0 Å². The molecule has 23 heavy (non-hydrogen) atoms. The first-order chi connectivity index (χ1) is 10.9. The molecule has 0 amide bonds. The zero-order chi connectivity index (χ0) is 16.2. The Labute approximate surface area is 132 Å². The molecule has 1 saturated carbocycles. The smallest absolute Gasteiger partial charge is 0.230 e. The number of hydrogen-bond acceptors (Lipinski definition) is 7. The molecule has 1 aliphatic heterocycles. The van der Waals surface area contributed by atoms with Crippen LogP contribution in [0.4, 0.5) is 0 Å². The van der Waals surface area contributed by atoms with Crippen LogP contribution in [0.1, 0.15) is 41.3 Å². The maximum absolute atomic E-state index is 13.1. The molecule has 0 spiro atoms. The van der Waals surface area contributed by atoms with E-state index in [0.29, 0.717) is 17.3 Å². The van der Waals surface area contributed by atoms with Gasteiger partial charge in [0.05, 0.1) is 11.8 Å². The van der Waals surface area contributed by atoms with Gasteiger partial charge in [0.2, 0.25) is 6.79 Å². The molecule has 1 unspecified atom stereocenters. The van der Waals surface area contributed by atoms with Crippen molar-refractivity contribution in [1.82, 2.24) is 5.16 Å². The van der Waals surface area contributed by atoms with E-state index in [2.05, 4.69) is 5.16 Å². The Bertz CT molecular complexity index is 845. The largest absolute Gasteiger partial charge is 0.458 e. The second kappa shape index (κ2) is 4.70. The lowest BCUT2D eigenvalue weighted by atomic mass is 9.89. The average molecular weight is 337 g/mol. The minimum atomic E-state index is -3.75. The summed E-state index contributed by atoms with van der Waals surface area (Å²) in [5.41, 5.74) is 0.241. The molecule has 0 N–H and O–H groups in total. The molecular weight excluding hydrogens is 322 g/mol. The normalized spacial score (nSPS) is 26.7. The van der Waals surface area contributed by atoms with Gasteiger partial charge in [0, 0.05) is 18.6 Å². The topological polar surface area (TPSA) is 95.7 Å². The zero-order valence-corrected chi connectivity index (χ0v) is 13.3. The second-order valence-corrected chi connectivity index (χ2v) is 8.35. The van der Waals surface area contributed by atoms with E-state index in [1.54, 1.807) is 0 Å². The number of carbonyl (C=O) groups is 1. The van der Waals surface area contributed by atoms with Crippen LogP contribution in [0.15, 0.2) is 34.4 Å². The van der Waals surface area contributed by atoms with Crippen LogP contribution in [0.2, 0.25) is 0 Å². The Morgan fingerprint density at radius 3 is 2.83 bits per heavy atom.